The first kappa shape index (κ1) is 19.3. The van der Waals surface area contributed by atoms with Crippen molar-refractivity contribution in [3.63, 3.8) is 0 Å². The molecule has 0 N–H and O–H groups in total. The Morgan fingerprint density at radius 2 is 1.77 bits per heavy atom. The van der Waals surface area contributed by atoms with E-state index in [2.05, 4.69) is 9.97 Å². The first-order valence-corrected chi connectivity index (χ1v) is 9.16. The second kappa shape index (κ2) is 8.16. The van der Waals surface area contributed by atoms with Crippen LogP contribution in [0.5, 0.6) is 5.88 Å². The number of aromatic nitrogens is 2. The first-order chi connectivity index (χ1) is 14.6. The Labute approximate surface area is 172 Å². The van der Waals surface area contributed by atoms with Crippen LogP contribution >= 0.6 is 0 Å². The molecule has 7 heteroatoms. The number of nitrogens with zero attached hydrogens (tertiary/aromatic N) is 3. The van der Waals surface area contributed by atoms with Crippen molar-refractivity contribution in [2.24, 2.45) is 0 Å². The SMILES string of the molecule is COc1ccc(N(C)C(=O)c2ccccc2-c2ncc(-c3ccc(F)cc3)o2)cn1. The van der Waals surface area contributed by atoms with E-state index in [4.69, 9.17) is 9.15 Å². The van der Waals surface area contributed by atoms with Gasteiger partial charge < -0.3 is 14.1 Å². The maximum atomic E-state index is 13.2. The van der Waals surface area contributed by atoms with Crippen molar-refractivity contribution < 1.29 is 18.3 Å². The predicted molar refractivity (Wildman–Crippen MR) is 111 cm³/mol. The summed E-state index contributed by atoms with van der Waals surface area (Å²) in [4.78, 5) is 23.1. The Bertz CT molecular complexity index is 1170. The van der Waals surface area contributed by atoms with Gasteiger partial charge in [0.1, 0.15) is 5.82 Å². The zero-order valence-electron chi connectivity index (χ0n) is 16.4. The number of benzene rings is 2. The molecule has 0 radical (unpaired) electrons. The van der Waals surface area contributed by atoms with Gasteiger partial charge in [-0.1, -0.05) is 12.1 Å². The lowest BCUT2D eigenvalue weighted by Crippen LogP contribution is -2.26. The third-order valence-electron chi connectivity index (χ3n) is 4.64. The summed E-state index contributed by atoms with van der Waals surface area (Å²) in [6.07, 6.45) is 3.12. The lowest BCUT2D eigenvalue weighted by atomic mass is 10.1. The second-order valence-corrected chi connectivity index (χ2v) is 6.51. The lowest BCUT2D eigenvalue weighted by Gasteiger charge is -2.18. The molecule has 0 aliphatic carbocycles. The third-order valence-corrected chi connectivity index (χ3v) is 4.64. The minimum Gasteiger partial charge on any atom is -0.481 e. The number of hydrogen-bond donors (Lipinski definition) is 0. The predicted octanol–water partition coefficient (Wildman–Crippen LogP) is 4.83. The van der Waals surface area contributed by atoms with E-state index in [1.807, 2.05) is 6.07 Å². The number of carbonyl (C=O) groups is 1. The molecule has 2 aromatic heterocycles. The summed E-state index contributed by atoms with van der Waals surface area (Å²) < 4.78 is 24.1. The summed E-state index contributed by atoms with van der Waals surface area (Å²) in [5, 5.41) is 0. The van der Waals surface area contributed by atoms with Gasteiger partial charge in [0.15, 0.2) is 5.76 Å². The van der Waals surface area contributed by atoms with Crippen LogP contribution in [0.4, 0.5) is 10.1 Å². The van der Waals surface area contributed by atoms with Gasteiger partial charge in [-0.3, -0.25) is 4.79 Å². The van der Waals surface area contributed by atoms with E-state index in [0.29, 0.717) is 39.9 Å². The fraction of sp³-hybridized carbons (Fsp3) is 0.0870. The largest absolute Gasteiger partial charge is 0.481 e. The number of oxazole rings is 1. The number of anilines is 1. The molecule has 30 heavy (non-hydrogen) atoms. The number of carbonyl (C=O) groups excluding carboxylic acids is 1. The molecule has 1 amide bonds. The highest BCUT2D eigenvalue weighted by molar-refractivity contribution is 6.09. The van der Waals surface area contributed by atoms with Gasteiger partial charge in [0.2, 0.25) is 11.8 Å². The van der Waals surface area contributed by atoms with E-state index in [9.17, 15) is 9.18 Å². The Morgan fingerprint density at radius 3 is 2.47 bits per heavy atom. The molecule has 6 nitrogen and oxygen atoms in total. The highest BCUT2D eigenvalue weighted by Crippen LogP contribution is 2.29. The Kier molecular flexibility index (Phi) is 5.26. The fourth-order valence-electron chi connectivity index (χ4n) is 2.99. The standard InChI is InChI=1S/C23H18FN3O3/c1-27(17-11-12-21(29-2)25-13-17)23(28)19-6-4-3-5-18(19)22-26-14-20(30-22)15-7-9-16(24)10-8-15/h3-14H,1-2H3. The molecule has 150 valence electrons. The molecular formula is C23H18FN3O3. The van der Waals surface area contributed by atoms with Crippen LogP contribution in [0.1, 0.15) is 10.4 Å². The van der Waals surface area contributed by atoms with Gasteiger partial charge in [0, 0.05) is 24.2 Å². The maximum Gasteiger partial charge on any atom is 0.258 e. The third kappa shape index (κ3) is 3.77. The summed E-state index contributed by atoms with van der Waals surface area (Å²) in [6, 6.07) is 16.4. The number of pyridine rings is 1. The van der Waals surface area contributed by atoms with Crippen molar-refractivity contribution in [1.82, 2.24) is 9.97 Å². The van der Waals surface area contributed by atoms with Crippen LogP contribution in [0.15, 0.2) is 77.5 Å². The topological polar surface area (TPSA) is 68.5 Å². The molecule has 0 aliphatic heterocycles. The molecule has 4 aromatic rings. The highest BCUT2D eigenvalue weighted by atomic mass is 19.1. The summed E-state index contributed by atoms with van der Waals surface area (Å²) in [5.74, 6) is 0.692. The van der Waals surface area contributed by atoms with E-state index in [-0.39, 0.29) is 11.7 Å². The van der Waals surface area contributed by atoms with Crippen LogP contribution in [0.2, 0.25) is 0 Å². The summed E-state index contributed by atoms with van der Waals surface area (Å²) in [7, 11) is 3.20. The summed E-state index contributed by atoms with van der Waals surface area (Å²) in [5.41, 5.74) is 2.31. The molecule has 0 unspecified atom stereocenters. The number of methoxy groups -OCH3 is 1. The molecule has 0 aliphatic rings. The van der Waals surface area contributed by atoms with Gasteiger partial charge in [-0.2, -0.15) is 0 Å². The minimum atomic E-state index is -0.328. The Balaban J connectivity index is 1.65. The monoisotopic (exact) mass is 403 g/mol. The smallest absolute Gasteiger partial charge is 0.258 e. The molecule has 0 saturated heterocycles. The Morgan fingerprint density at radius 1 is 1.00 bits per heavy atom. The minimum absolute atomic E-state index is 0.237. The van der Waals surface area contributed by atoms with Crippen molar-refractivity contribution in [2.75, 3.05) is 19.1 Å². The maximum absolute atomic E-state index is 13.2. The second-order valence-electron chi connectivity index (χ2n) is 6.51. The number of amides is 1. The van der Waals surface area contributed by atoms with Crippen LogP contribution in [0, 0.1) is 5.82 Å². The van der Waals surface area contributed by atoms with Crippen molar-refractivity contribution in [1.29, 1.82) is 0 Å². The van der Waals surface area contributed by atoms with Crippen molar-refractivity contribution in [2.45, 2.75) is 0 Å². The van der Waals surface area contributed by atoms with Crippen molar-refractivity contribution in [3.05, 3.63) is 84.4 Å². The van der Waals surface area contributed by atoms with Gasteiger partial charge in [-0.05, 0) is 42.5 Å². The Hall–Kier alpha value is -4.00. The first-order valence-electron chi connectivity index (χ1n) is 9.16. The van der Waals surface area contributed by atoms with E-state index < -0.39 is 0 Å². The molecule has 2 aromatic carbocycles. The normalized spacial score (nSPS) is 10.6. The van der Waals surface area contributed by atoms with Crippen LogP contribution in [0.25, 0.3) is 22.8 Å². The number of rotatable bonds is 5. The number of hydrogen-bond acceptors (Lipinski definition) is 5. The molecule has 4 rings (SSSR count). The van der Waals surface area contributed by atoms with E-state index in [0.717, 1.165) is 0 Å². The summed E-state index contributed by atoms with van der Waals surface area (Å²) in [6.45, 7) is 0. The molecule has 0 bridgehead atoms. The molecular weight excluding hydrogens is 385 g/mol. The van der Waals surface area contributed by atoms with Gasteiger partial charge >= 0.3 is 0 Å². The molecule has 0 saturated carbocycles. The molecule has 2 heterocycles. The molecule has 0 atom stereocenters. The summed E-state index contributed by atoms with van der Waals surface area (Å²) >= 11 is 0. The molecule has 0 spiro atoms. The fourth-order valence-corrected chi connectivity index (χ4v) is 2.99. The van der Waals surface area contributed by atoms with Gasteiger partial charge in [0.05, 0.1) is 30.8 Å². The van der Waals surface area contributed by atoms with Crippen LogP contribution < -0.4 is 9.64 Å². The number of ether oxygens (including phenoxy) is 1. The van der Waals surface area contributed by atoms with E-state index in [1.54, 1.807) is 61.9 Å². The zero-order valence-corrected chi connectivity index (χ0v) is 16.4. The van der Waals surface area contributed by atoms with Crippen LogP contribution in [0.3, 0.4) is 0 Å². The van der Waals surface area contributed by atoms with Gasteiger partial charge in [-0.25, -0.2) is 14.4 Å². The average Bonchev–Trinajstić information content (AvgIpc) is 3.29. The average molecular weight is 403 g/mol. The van der Waals surface area contributed by atoms with Crippen molar-refractivity contribution in [3.8, 4) is 28.7 Å². The number of halogens is 1. The zero-order chi connectivity index (χ0) is 21.1. The lowest BCUT2D eigenvalue weighted by molar-refractivity contribution is 0.0993. The highest BCUT2D eigenvalue weighted by Gasteiger charge is 2.21. The van der Waals surface area contributed by atoms with Crippen LogP contribution in [-0.2, 0) is 0 Å². The van der Waals surface area contributed by atoms with Crippen molar-refractivity contribution >= 4 is 11.6 Å². The van der Waals surface area contributed by atoms with Gasteiger partial charge in [0.25, 0.3) is 5.91 Å². The van der Waals surface area contributed by atoms with E-state index in [1.165, 1.54) is 24.1 Å². The van der Waals surface area contributed by atoms with Gasteiger partial charge in [-0.15, -0.1) is 0 Å². The van der Waals surface area contributed by atoms with Crippen LogP contribution in [-0.4, -0.2) is 30.0 Å². The van der Waals surface area contributed by atoms with E-state index >= 15 is 0 Å². The quantitative estimate of drug-likeness (QED) is 0.478. The molecule has 0 fully saturated rings.